The molecule has 0 saturated carbocycles. The van der Waals surface area contributed by atoms with Gasteiger partial charge >= 0.3 is 29.6 Å². The van der Waals surface area contributed by atoms with Crippen molar-refractivity contribution in [3.8, 4) is 0 Å². The van der Waals surface area contributed by atoms with E-state index in [1.54, 1.807) is 0 Å². The van der Waals surface area contributed by atoms with Crippen molar-refractivity contribution in [1.29, 1.82) is 0 Å². The van der Waals surface area contributed by atoms with E-state index in [0.29, 0.717) is 31.2 Å². The fraction of sp³-hybridized carbons (Fsp3) is 0.750. The summed E-state index contributed by atoms with van der Waals surface area (Å²) in [5.41, 5.74) is 0. The smallest absolute Gasteiger partial charge is 0.550 e. The number of likely N-dealkylation sites (tertiary alicyclic amines) is 1. The number of carbonyl (C=O) groups excluding carboxylic acids is 1. The van der Waals surface area contributed by atoms with Crippen molar-refractivity contribution >= 4 is 5.97 Å². The average Bonchev–Trinajstić information content (AvgIpc) is 2.78. The monoisotopic (exact) mass is 275 g/mol. The second-order valence-electron chi connectivity index (χ2n) is 5.18. The predicted octanol–water partition coefficient (Wildman–Crippen LogP) is -2.67. The third-order valence-corrected chi connectivity index (χ3v) is 3.40. The minimum atomic E-state index is -0.978. The molecule has 6 nitrogen and oxygen atoms in total. The normalized spacial score (nSPS) is 24.2. The van der Waals surface area contributed by atoms with Crippen LogP contribution in [0.4, 0.5) is 0 Å². The van der Waals surface area contributed by atoms with E-state index in [1.807, 2.05) is 25.8 Å². The first-order valence-corrected chi connectivity index (χ1v) is 6.23. The van der Waals surface area contributed by atoms with Crippen LogP contribution in [0.25, 0.3) is 0 Å². The van der Waals surface area contributed by atoms with Crippen LogP contribution in [-0.4, -0.2) is 34.7 Å². The van der Waals surface area contributed by atoms with E-state index in [-0.39, 0.29) is 41.5 Å². The van der Waals surface area contributed by atoms with Crippen LogP contribution in [0.5, 0.6) is 0 Å². The molecule has 100 valence electrons. The standard InChI is InChI=1S/C12H19N3O3.Na/c1-7(2)10-13-14-11(18-10)9-5-4-8(12(16)17)6-15(9)3;/h7-9H,4-6H2,1-3H3,(H,16,17);/q;+1/p-1/t8-,9+;/m1./s1. The zero-order chi connectivity index (χ0) is 13.3. The summed E-state index contributed by atoms with van der Waals surface area (Å²) in [6.07, 6.45) is 1.30. The first-order chi connectivity index (χ1) is 8.49. The van der Waals surface area contributed by atoms with E-state index in [1.165, 1.54) is 0 Å². The maximum Gasteiger partial charge on any atom is 1.00 e. The molecule has 2 atom stereocenters. The van der Waals surface area contributed by atoms with Crippen molar-refractivity contribution in [2.45, 2.75) is 38.6 Å². The van der Waals surface area contributed by atoms with Gasteiger partial charge in [-0.2, -0.15) is 0 Å². The van der Waals surface area contributed by atoms with Gasteiger partial charge in [-0.3, -0.25) is 4.90 Å². The fourth-order valence-electron chi connectivity index (χ4n) is 2.26. The van der Waals surface area contributed by atoms with Crippen LogP contribution in [0.2, 0.25) is 0 Å². The molecule has 0 unspecified atom stereocenters. The molecule has 2 heterocycles. The fourth-order valence-corrected chi connectivity index (χ4v) is 2.26. The maximum atomic E-state index is 10.8. The molecule has 0 bridgehead atoms. The molecule has 1 aliphatic heterocycles. The first-order valence-electron chi connectivity index (χ1n) is 6.23. The van der Waals surface area contributed by atoms with Gasteiger partial charge in [0.25, 0.3) is 0 Å². The zero-order valence-electron chi connectivity index (χ0n) is 11.9. The molecule has 0 aromatic carbocycles. The Morgan fingerprint density at radius 1 is 1.42 bits per heavy atom. The van der Waals surface area contributed by atoms with E-state index in [2.05, 4.69) is 10.2 Å². The van der Waals surface area contributed by atoms with Crippen LogP contribution in [0.15, 0.2) is 4.42 Å². The van der Waals surface area contributed by atoms with Crippen molar-refractivity contribution in [3.63, 3.8) is 0 Å². The summed E-state index contributed by atoms with van der Waals surface area (Å²) in [6, 6.07) is 0.0144. The van der Waals surface area contributed by atoms with Gasteiger partial charge in [-0.05, 0) is 19.9 Å². The van der Waals surface area contributed by atoms with Gasteiger partial charge in [-0.1, -0.05) is 13.8 Å². The van der Waals surface area contributed by atoms with Crippen molar-refractivity contribution in [3.05, 3.63) is 11.8 Å². The summed E-state index contributed by atoms with van der Waals surface area (Å²) in [4.78, 5) is 12.8. The molecule has 2 rings (SSSR count). The molecule has 1 saturated heterocycles. The second-order valence-corrected chi connectivity index (χ2v) is 5.18. The number of hydrogen-bond acceptors (Lipinski definition) is 6. The van der Waals surface area contributed by atoms with Crippen LogP contribution in [0, 0.1) is 5.92 Å². The second kappa shape index (κ2) is 6.83. The number of aliphatic carboxylic acids is 1. The third kappa shape index (κ3) is 3.78. The molecule has 19 heavy (non-hydrogen) atoms. The summed E-state index contributed by atoms with van der Waals surface area (Å²) < 4.78 is 5.62. The molecule has 1 fully saturated rings. The van der Waals surface area contributed by atoms with Gasteiger partial charge in [-0.15, -0.1) is 10.2 Å². The van der Waals surface area contributed by atoms with E-state index in [9.17, 15) is 9.90 Å². The quantitative estimate of drug-likeness (QED) is 0.560. The topological polar surface area (TPSA) is 82.3 Å². The molecular formula is C12H18N3NaO3. The third-order valence-electron chi connectivity index (χ3n) is 3.40. The maximum absolute atomic E-state index is 10.8. The Morgan fingerprint density at radius 3 is 2.58 bits per heavy atom. The molecule has 0 radical (unpaired) electrons. The molecule has 0 N–H and O–H groups in total. The van der Waals surface area contributed by atoms with Crippen molar-refractivity contribution in [2.75, 3.05) is 13.6 Å². The van der Waals surface area contributed by atoms with Crippen LogP contribution < -0.4 is 34.7 Å². The number of carboxylic acid groups (broad SMARTS) is 1. The van der Waals surface area contributed by atoms with Gasteiger partial charge in [0.05, 0.1) is 6.04 Å². The Labute approximate surface area is 134 Å². The number of hydrogen-bond donors (Lipinski definition) is 0. The minimum absolute atomic E-state index is 0. The Bertz CT molecular complexity index is 436. The van der Waals surface area contributed by atoms with Crippen molar-refractivity contribution in [2.24, 2.45) is 5.92 Å². The predicted molar refractivity (Wildman–Crippen MR) is 61.5 cm³/mol. The van der Waals surface area contributed by atoms with Gasteiger partial charge in [-0.25, -0.2) is 0 Å². The van der Waals surface area contributed by atoms with E-state index < -0.39 is 11.9 Å². The first kappa shape index (κ1) is 16.6. The van der Waals surface area contributed by atoms with Gasteiger partial charge in [0.15, 0.2) is 0 Å². The van der Waals surface area contributed by atoms with Crippen LogP contribution in [0.1, 0.15) is 50.4 Å². The van der Waals surface area contributed by atoms with E-state index in [4.69, 9.17) is 4.42 Å². The van der Waals surface area contributed by atoms with Crippen LogP contribution in [0.3, 0.4) is 0 Å². The van der Waals surface area contributed by atoms with Gasteiger partial charge in [0.1, 0.15) is 0 Å². The van der Waals surface area contributed by atoms with E-state index in [0.717, 1.165) is 0 Å². The molecule has 1 aliphatic rings. The molecule has 7 heteroatoms. The molecular weight excluding hydrogens is 257 g/mol. The Hall–Kier alpha value is -0.430. The minimum Gasteiger partial charge on any atom is -0.550 e. The SMILES string of the molecule is CC(C)c1nnc([C@@H]2CC[C@@H](C(=O)[O-])CN2C)o1.[Na+]. The Kier molecular flexibility index (Phi) is 5.98. The number of nitrogens with zero attached hydrogens (tertiary/aromatic N) is 3. The molecule has 1 aromatic heterocycles. The van der Waals surface area contributed by atoms with Crippen molar-refractivity contribution in [1.82, 2.24) is 15.1 Å². The number of rotatable bonds is 3. The average molecular weight is 275 g/mol. The number of carboxylic acids is 1. The molecule has 0 aliphatic carbocycles. The molecule has 0 amide bonds. The Balaban J connectivity index is 0.00000180. The van der Waals surface area contributed by atoms with Crippen LogP contribution in [-0.2, 0) is 4.79 Å². The van der Waals surface area contributed by atoms with E-state index >= 15 is 0 Å². The Morgan fingerprint density at radius 2 is 2.11 bits per heavy atom. The van der Waals surface area contributed by atoms with Gasteiger partial charge < -0.3 is 14.3 Å². The van der Waals surface area contributed by atoms with Gasteiger partial charge in [0.2, 0.25) is 11.8 Å². The number of aromatic nitrogens is 2. The summed E-state index contributed by atoms with van der Waals surface area (Å²) in [6.45, 7) is 4.45. The number of carbonyl (C=O) groups is 1. The molecule has 1 aromatic rings. The summed E-state index contributed by atoms with van der Waals surface area (Å²) in [7, 11) is 1.87. The zero-order valence-corrected chi connectivity index (χ0v) is 13.9. The largest absolute Gasteiger partial charge is 1.00 e. The van der Waals surface area contributed by atoms with Gasteiger partial charge in [0, 0.05) is 24.3 Å². The summed E-state index contributed by atoms with van der Waals surface area (Å²) in [5, 5.41) is 18.9. The van der Waals surface area contributed by atoms with Crippen LogP contribution >= 0.6 is 0 Å². The van der Waals surface area contributed by atoms with Crippen molar-refractivity contribution < 1.29 is 43.9 Å². The number of piperidine rings is 1. The summed E-state index contributed by atoms with van der Waals surface area (Å²) in [5.74, 6) is 0.0296. The summed E-state index contributed by atoms with van der Waals surface area (Å²) >= 11 is 0. The molecule has 0 spiro atoms.